The maximum Gasteiger partial charge on any atom is 0.416 e. The van der Waals surface area contributed by atoms with E-state index in [-0.39, 0.29) is 0 Å². The molecule has 0 N–H and O–H groups in total. The molecular weight excluding hydrogens is 248 g/mol. The van der Waals surface area contributed by atoms with Crippen molar-refractivity contribution in [1.29, 1.82) is 0 Å². The first-order valence-corrected chi connectivity index (χ1v) is 6.53. The number of rotatable bonds is 3. The van der Waals surface area contributed by atoms with E-state index in [1.165, 1.54) is 11.6 Å². The zero-order valence-corrected chi connectivity index (χ0v) is 11.0. The second kappa shape index (κ2) is 5.51. The Balaban J connectivity index is 2.16. The highest BCUT2D eigenvalue weighted by molar-refractivity contribution is 6.53. The van der Waals surface area contributed by atoms with Gasteiger partial charge in [0.2, 0.25) is 0 Å². The van der Waals surface area contributed by atoms with E-state index in [0.717, 1.165) is 23.4 Å². The molecule has 0 saturated carbocycles. The molecule has 2 aromatic carbocycles. The Labute approximate surface area is 111 Å². The Morgan fingerprint density at radius 2 is 1.68 bits per heavy atom. The van der Waals surface area contributed by atoms with Crippen LogP contribution >= 0.6 is 0 Å². The number of halogens is 3. The van der Waals surface area contributed by atoms with Crippen molar-refractivity contribution in [3.8, 4) is 0 Å². The summed E-state index contributed by atoms with van der Waals surface area (Å²) in [7, 11) is -0.584. The standard InChI is InChI=1S/C15H15BF3/c1-11-7-8-13(15(17,18)19)9-14(11)16-10-12-5-3-2-4-6-12/h2-9H,10,16H2,1H3/q-1. The summed E-state index contributed by atoms with van der Waals surface area (Å²) < 4.78 is 38.0. The summed E-state index contributed by atoms with van der Waals surface area (Å²) in [6.45, 7) is 1.88. The third-order valence-electron chi connectivity index (χ3n) is 3.64. The van der Waals surface area contributed by atoms with Gasteiger partial charge < -0.3 is 0 Å². The quantitative estimate of drug-likeness (QED) is 0.747. The SMILES string of the molecule is Cc1ccc(C(F)(F)F)cc1[BH2-]Cc1ccccc1. The van der Waals surface area contributed by atoms with Gasteiger partial charge in [-0.2, -0.15) is 19.5 Å². The fourth-order valence-corrected chi connectivity index (χ4v) is 2.41. The molecule has 0 aliphatic heterocycles. The van der Waals surface area contributed by atoms with E-state index in [9.17, 15) is 13.2 Å². The van der Waals surface area contributed by atoms with E-state index in [0.29, 0.717) is 0 Å². The average Bonchev–Trinajstić information content (AvgIpc) is 2.37. The maximum atomic E-state index is 12.7. The van der Waals surface area contributed by atoms with Gasteiger partial charge in [0.25, 0.3) is 0 Å². The van der Waals surface area contributed by atoms with Crippen LogP contribution in [0.15, 0.2) is 48.5 Å². The number of alkyl halides is 3. The first kappa shape index (κ1) is 13.7. The van der Waals surface area contributed by atoms with Gasteiger partial charge in [0, 0.05) is 7.28 Å². The van der Waals surface area contributed by atoms with Gasteiger partial charge in [-0.15, -0.1) is 0 Å². The molecule has 0 unspecified atom stereocenters. The fraction of sp³-hybridized carbons (Fsp3) is 0.200. The van der Waals surface area contributed by atoms with Crippen molar-refractivity contribution in [2.75, 3.05) is 0 Å². The van der Waals surface area contributed by atoms with Crippen LogP contribution in [0.2, 0.25) is 0 Å². The van der Waals surface area contributed by atoms with Crippen LogP contribution in [0.3, 0.4) is 0 Å². The zero-order chi connectivity index (χ0) is 13.9. The van der Waals surface area contributed by atoms with Gasteiger partial charge in [0.05, 0.1) is 5.56 Å². The van der Waals surface area contributed by atoms with Gasteiger partial charge >= 0.3 is 6.18 Å². The minimum atomic E-state index is -4.25. The molecule has 0 saturated heterocycles. The predicted octanol–water partition coefficient (Wildman–Crippen LogP) is 3.01. The van der Waals surface area contributed by atoms with Crippen molar-refractivity contribution in [3.05, 3.63) is 65.2 Å². The highest BCUT2D eigenvalue weighted by Gasteiger charge is 2.29. The summed E-state index contributed by atoms with van der Waals surface area (Å²) in [6, 6.07) is 14.0. The van der Waals surface area contributed by atoms with Crippen molar-refractivity contribution in [1.82, 2.24) is 0 Å². The van der Waals surface area contributed by atoms with E-state index >= 15 is 0 Å². The second-order valence-corrected chi connectivity index (χ2v) is 4.99. The van der Waals surface area contributed by atoms with Crippen LogP contribution in [0.4, 0.5) is 13.2 Å². The predicted molar refractivity (Wildman–Crippen MR) is 74.5 cm³/mol. The second-order valence-electron chi connectivity index (χ2n) is 4.99. The molecule has 0 fully saturated rings. The minimum absolute atomic E-state index is 0.537. The molecule has 0 aliphatic rings. The zero-order valence-electron chi connectivity index (χ0n) is 11.0. The van der Waals surface area contributed by atoms with Crippen molar-refractivity contribution < 1.29 is 13.2 Å². The molecule has 2 rings (SSSR count). The van der Waals surface area contributed by atoms with Crippen molar-refractivity contribution in [2.24, 2.45) is 0 Å². The lowest BCUT2D eigenvalue weighted by molar-refractivity contribution is -0.137. The first-order valence-electron chi connectivity index (χ1n) is 6.53. The van der Waals surface area contributed by atoms with Crippen molar-refractivity contribution >= 4 is 12.7 Å². The Hall–Kier alpha value is -1.71. The topological polar surface area (TPSA) is 0 Å². The molecule has 0 bridgehead atoms. The smallest absolute Gasteiger partial charge is 0.213 e. The number of hydrogen-bond acceptors (Lipinski definition) is 0. The Morgan fingerprint density at radius 1 is 1.00 bits per heavy atom. The molecule has 0 aliphatic carbocycles. The third-order valence-corrected chi connectivity index (χ3v) is 3.64. The van der Waals surface area contributed by atoms with Gasteiger partial charge in [-0.1, -0.05) is 53.6 Å². The summed E-state index contributed by atoms with van der Waals surface area (Å²) >= 11 is 0. The summed E-state index contributed by atoms with van der Waals surface area (Å²) in [5, 5.41) is 0. The molecule has 0 atom stereocenters. The van der Waals surface area contributed by atoms with Crippen LogP contribution in [-0.2, 0) is 12.5 Å². The fourth-order valence-electron chi connectivity index (χ4n) is 2.41. The number of hydrogen-bond donors (Lipinski definition) is 0. The molecule has 0 spiro atoms. The molecule has 0 aromatic heterocycles. The largest absolute Gasteiger partial charge is 0.416 e. The van der Waals surface area contributed by atoms with Crippen LogP contribution in [0.5, 0.6) is 0 Å². The highest BCUT2D eigenvalue weighted by atomic mass is 19.4. The van der Waals surface area contributed by atoms with Crippen LogP contribution in [0, 0.1) is 6.92 Å². The van der Waals surface area contributed by atoms with Gasteiger partial charge in [0.1, 0.15) is 0 Å². The maximum absolute atomic E-state index is 12.7. The highest BCUT2D eigenvalue weighted by Crippen LogP contribution is 2.28. The summed E-state index contributed by atoms with van der Waals surface area (Å²) in [5.41, 5.74) is 2.51. The molecule has 0 heterocycles. The molecule has 0 radical (unpaired) electrons. The summed E-state index contributed by atoms with van der Waals surface area (Å²) in [5.74, 6) is 0. The van der Waals surface area contributed by atoms with E-state index in [1.807, 2.05) is 37.3 Å². The van der Waals surface area contributed by atoms with E-state index in [1.54, 1.807) is 6.07 Å². The third kappa shape index (κ3) is 3.63. The van der Waals surface area contributed by atoms with E-state index in [4.69, 9.17) is 0 Å². The molecule has 19 heavy (non-hydrogen) atoms. The van der Waals surface area contributed by atoms with Crippen LogP contribution in [-0.4, -0.2) is 7.28 Å². The first-order chi connectivity index (χ1) is 8.97. The lowest BCUT2D eigenvalue weighted by Crippen LogP contribution is -2.22. The van der Waals surface area contributed by atoms with Crippen molar-refractivity contribution in [3.63, 3.8) is 0 Å². The van der Waals surface area contributed by atoms with E-state index < -0.39 is 19.0 Å². The average molecular weight is 263 g/mol. The molecule has 2 aromatic rings. The van der Waals surface area contributed by atoms with Crippen LogP contribution in [0.1, 0.15) is 16.7 Å². The van der Waals surface area contributed by atoms with Crippen LogP contribution < -0.4 is 5.46 Å². The Bertz CT molecular complexity index is 547. The lowest BCUT2D eigenvalue weighted by Gasteiger charge is -2.15. The monoisotopic (exact) mass is 263 g/mol. The summed E-state index contributed by atoms with van der Waals surface area (Å²) in [6.07, 6.45) is -3.37. The summed E-state index contributed by atoms with van der Waals surface area (Å²) in [4.78, 5) is 0. The van der Waals surface area contributed by atoms with E-state index in [2.05, 4.69) is 0 Å². The molecule has 0 nitrogen and oxygen atoms in total. The van der Waals surface area contributed by atoms with Crippen molar-refractivity contribution in [2.45, 2.75) is 19.4 Å². The lowest BCUT2D eigenvalue weighted by atomic mass is 9.63. The minimum Gasteiger partial charge on any atom is -0.213 e. The van der Waals surface area contributed by atoms with Gasteiger partial charge in [-0.05, 0) is 13.0 Å². The molecular formula is C15H15BF3-. The Kier molecular flexibility index (Phi) is 3.98. The van der Waals surface area contributed by atoms with Gasteiger partial charge in [-0.3, -0.25) is 0 Å². The molecule has 100 valence electrons. The van der Waals surface area contributed by atoms with Gasteiger partial charge in [0.15, 0.2) is 0 Å². The Morgan fingerprint density at radius 3 is 2.32 bits per heavy atom. The van der Waals surface area contributed by atoms with Crippen LogP contribution in [0.25, 0.3) is 0 Å². The molecule has 0 amide bonds. The normalized spacial score (nSPS) is 11.6. The van der Waals surface area contributed by atoms with Gasteiger partial charge in [-0.25, -0.2) is 5.46 Å². The number of aryl methyl sites for hydroxylation is 1. The number of benzene rings is 2. The molecule has 4 heteroatoms.